The molecule has 4 rings (SSSR count). The van der Waals surface area contributed by atoms with Crippen molar-refractivity contribution in [1.82, 2.24) is 20.3 Å². The third-order valence-corrected chi connectivity index (χ3v) is 6.09. The van der Waals surface area contributed by atoms with E-state index in [0.717, 1.165) is 9.35 Å². The smallest absolute Gasteiger partial charge is 0.279 e. The molecule has 2 aromatic carbocycles. The monoisotopic (exact) mass is 555 g/mol. The molecule has 2 heterocycles. The number of amides is 2. The SMILES string of the molecule is O=C(Cc1cnc[nH]1)NC(COCc1ccccc1)C(=O)Nc1ccc(Oc2ncc(Br)s2)cc1. The summed E-state index contributed by atoms with van der Waals surface area (Å²) in [4.78, 5) is 36.4. The van der Waals surface area contributed by atoms with E-state index in [4.69, 9.17) is 9.47 Å². The second-order valence-electron chi connectivity index (χ2n) is 7.42. The minimum Gasteiger partial charge on any atom is -0.431 e. The molecule has 1 unspecified atom stereocenters. The number of anilines is 1. The van der Waals surface area contributed by atoms with Crippen molar-refractivity contribution in [3.8, 4) is 10.9 Å². The quantitative estimate of drug-likeness (QED) is 0.254. The molecule has 4 aromatic rings. The Bertz CT molecular complexity index is 1230. The second-order valence-corrected chi connectivity index (χ2v) is 9.79. The van der Waals surface area contributed by atoms with Crippen LogP contribution in [0.3, 0.4) is 0 Å². The molecular weight excluding hydrogens is 534 g/mol. The van der Waals surface area contributed by atoms with Crippen LogP contribution >= 0.6 is 27.3 Å². The molecule has 35 heavy (non-hydrogen) atoms. The first-order valence-corrected chi connectivity index (χ1v) is 12.2. The van der Waals surface area contributed by atoms with Crippen LogP contribution in [0.4, 0.5) is 5.69 Å². The Labute approximate surface area is 214 Å². The Balaban J connectivity index is 1.36. The number of rotatable bonds is 11. The maximum absolute atomic E-state index is 13.0. The fraction of sp³-hybridized carbons (Fsp3) is 0.167. The van der Waals surface area contributed by atoms with Gasteiger partial charge in [-0.15, -0.1) is 0 Å². The topological polar surface area (TPSA) is 118 Å². The molecule has 2 aromatic heterocycles. The van der Waals surface area contributed by atoms with Gasteiger partial charge >= 0.3 is 0 Å². The van der Waals surface area contributed by atoms with E-state index in [1.807, 2.05) is 30.3 Å². The molecule has 9 nitrogen and oxygen atoms in total. The molecule has 0 bridgehead atoms. The van der Waals surface area contributed by atoms with Gasteiger partial charge in [-0.1, -0.05) is 41.7 Å². The van der Waals surface area contributed by atoms with Gasteiger partial charge in [-0.3, -0.25) is 9.59 Å². The zero-order chi connectivity index (χ0) is 24.5. The molecule has 0 fully saturated rings. The molecular formula is C24H22BrN5O4S. The molecule has 0 aliphatic rings. The number of hydrogen-bond donors (Lipinski definition) is 3. The summed E-state index contributed by atoms with van der Waals surface area (Å²) >= 11 is 4.71. The van der Waals surface area contributed by atoms with E-state index in [1.54, 1.807) is 36.7 Å². The predicted molar refractivity (Wildman–Crippen MR) is 135 cm³/mol. The molecule has 0 saturated heterocycles. The van der Waals surface area contributed by atoms with Crippen LogP contribution in [0.25, 0.3) is 0 Å². The highest BCUT2D eigenvalue weighted by Gasteiger charge is 2.22. The number of imidazole rings is 1. The molecule has 3 N–H and O–H groups in total. The van der Waals surface area contributed by atoms with E-state index < -0.39 is 11.9 Å². The third-order valence-electron chi connectivity index (χ3n) is 4.74. The van der Waals surface area contributed by atoms with Crippen molar-refractivity contribution in [3.63, 3.8) is 0 Å². The van der Waals surface area contributed by atoms with Crippen LogP contribution in [-0.2, 0) is 27.4 Å². The molecule has 0 spiro atoms. The minimum atomic E-state index is -0.891. The maximum Gasteiger partial charge on any atom is 0.279 e. The van der Waals surface area contributed by atoms with Crippen molar-refractivity contribution in [1.29, 1.82) is 0 Å². The van der Waals surface area contributed by atoms with Gasteiger partial charge in [0.15, 0.2) is 0 Å². The molecule has 11 heteroatoms. The summed E-state index contributed by atoms with van der Waals surface area (Å²) in [6.45, 7) is 0.329. The van der Waals surface area contributed by atoms with Crippen molar-refractivity contribution in [2.45, 2.75) is 19.1 Å². The van der Waals surface area contributed by atoms with E-state index in [-0.39, 0.29) is 18.9 Å². The van der Waals surface area contributed by atoms with Gasteiger partial charge in [0.25, 0.3) is 5.19 Å². The van der Waals surface area contributed by atoms with Crippen molar-refractivity contribution in [2.75, 3.05) is 11.9 Å². The summed E-state index contributed by atoms with van der Waals surface area (Å²) in [5, 5.41) is 6.07. The number of aromatic nitrogens is 3. The number of halogens is 1. The fourth-order valence-corrected chi connectivity index (χ4v) is 4.11. The van der Waals surface area contributed by atoms with E-state index in [2.05, 4.69) is 41.5 Å². The molecule has 2 amide bonds. The van der Waals surface area contributed by atoms with E-state index in [1.165, 1.54) is 17.7 Å². The van der Waals surface area contributed by atoms with Gasteiger partial charge in [0, 0.05) is 17.6 Å². The van der Waals surface area contributed by atoms with Crippen LogP contribution in [0.1, 0.15) is 11.3 Å². The summed E-state index contributed by atoms with van der Waals surface area (Å²) in [5.41, 5.74) is 2.17. The lowest BCUT2D eigenvalue weighted by atomic mass is 10.2. The number of carbonyl (C=O) groups excluding carboxylic acids is 2. The number of ether oxygens (including phenoxy) is 2. The van der Waals surface area contributed by atoms with Gasteiger partial charge in [-0.25, -0.2) is 9.97 Å². The first kappa shape index (κ1) is 24.6. The number of H-pyrrole nitrogens is 1. The molecule has 0 aliphatic heterocycles. The van der Waals surface area contributed by atoms with Crippen LogP contribution in [0.2, 0.25) is 0 Å². The number of thiazole rings is 1. The van der Waals surface area contributed by atoms with Crippen molar-refractivity contribution in [3.05, 3.63) is 88.4 Å². The molecule has 0 radical (unpaired) electrons. The first-order valence-electron chi connectivity index (χ1n) is 10.6. The molecule has 0 aliphatic carbocycles. The normalized spacial score (nSPS) is 11.6. The Kier molecular flexibility index (Phi) is 8.60. The van der Waals surface area contributed by atoms with Crippen LogP contribution in [0.5, 0.6) is 10.9 Å². The number of hydrogen-bond acceptors (Lipinski definition) is 7. The van der Waals surface area contributed by atoms with Gasteiger partial charge in [-0.2, -0.15) is 0 Å². The number of carbonyl (C=O) groups is 2. The van der Waals surface area contributed by atoms with Gasteiger partial charge in [0.2, 0.25) is 11.8 Å². The Morgan fingerprint density at radius 2 is 1.89 bits per heavy atom. The van der Waals surface area contributed by atoms with Crippen molar-refractivity contribution < 1.29 is 19.1 Å². The fourth-order valence-electron chi connectivity index (χ4n) is 3.07. The Hall–Kier alpha value is -3.54. The molecule has 0 saturated carbocycles. The van der Waals surface area contributed by atoms with Crippen LogP contribution in [0.15, 0.2) is 77.1 Å². The summed E-state index contributed by atoms with van der Waals surface area (Å²) in [7, 11) is 0. The van der Waals surface area contributed by atoms with Gasteiger partial charge in [0.1, 0.15) is 11.8 Å². The van der Waals surface area contributed by atoms with E-state index in [0.29, 0.717) is 28.9 Å². The Morgan fingerprint density at radius 1 is 1.09 bits per heavy atom. The lowest BCUT2D eigenvalue weighted by Gasteiger charge is -2.19. The highest BCUT2D eigenvalue weighted by atomic mass is 79.9. The largest absolute Gasteiger partial charge is 0.431 e. The highest BCUT2D eigenvalue weighted by Crippen LogP contribution is 2.30. The molecule has 1 atom stereocenters. The standard InChI is InChI=1S/C24H22BrN5O4S/c25-21-12-27-24(35-21)34-19-8-6-17(7-9-19)29-23(32)20(14-33-13-16-4-2-1-3-5-16)30-22(31)10-18-11-26-15-28-18/h1-9,11-12,15,20H,10,13-14H2,(H,26,28)(H,29,32)(H,30,31). The van der Waals surface area contributed by atoms with Gasteiger partial charge in [-0.05, 0) is 45.8 Å². The van der Waals surface area contributed by atoms with Crippen molar-refractivity contribution >= 4 is 44.8 Å². The number of benzene rings is 2. The highest BCUT2D eigenvalue weighted by molar-refractivity contribution is 9.11. The second kappa shape index (κ2) is 12.2. The molecule has 180 valence electrons. The predicted octanol–water partition coefficient (Wildman–Crippen LogP) is 4.30. The van der Waals surface area contributed by atoms with E-state index in [9.17, 15) is 9.59 Å². The zero-order valence-corrected chi connectivity index (χ0v) is 20.8. The maximum atomic E-state index is 13.0. The van der Waals surface area contributed by atoms with Gasteiger partial charge < -0.3 is 25.1 Å². The minimum absolute atomic E-state index is 0.00949. The van der Waals surface area contributed by atoms with Crippen LogP contribution in [-0.4, -0.2) is 39.4 Å². The van der Waals surface area contributed by atoms with Crippen molar-refractivity contribution in [2.24, 2.45) is 0 Å². The lowest BCUT2D eigenvalue weighted by Crippen LogP contribution is -2.47. The summed E-state index contributed by atoms with van der Waals surface area (Å²) in [5.74, 6) is -0.134. The Morgan fingerprint density at radius 3 is 2.57 bits per heavy atom. The first-order chi connectivity index (χ1) is 17.0. The summed E-state index contributed by atoms with van der Waals surface area (Å²) < 4.78 is 12.3. The van der Waals surface area contributed by atoms with E-state index >= 15 is 0 Å². The number of nitrogens with one attached hydrogen (secondary N) is 3. The average Bonchev–Trinajstić information content (AvgIpc) is 3.52. The number of nitrogens with zero attached hydrogens (tertiary/aromatic N) is 2. The summed E-state index contributed by atoms with van der Waals surface area (Å²) in [6.07, 6.45) is 4.79. The van der Waals surface area contributed by atoms with Crippen LogP contribution in [0, 0.1) is 0 Å². The number of aromatic amines is 1. The average molecular weight is 556 g/mol. The third kappa shape index (κ3) is 7.74. The summed E-state index contributed by atoms with van der Waals surface area (Å²) in [6, 6.07) is 15.6. The van der Waals surface area contributed by atoms with Crippen LogP contribution < -0.4 is 15.4 Å². The zero-order valence-electron chi connectivity index (χ0n) is 18.4. The lowest BCUT2D eigenvalue weighted by molar-refractivity contribution is -0.127. The van der Waals surface area contributed by atoms with Gasteiger partial charge in [0.05, 0.1) is 35.9 Å².